The van der Waals surface area contributed by atoms with E-state index in [-0.39, 0.29) is 16.6 Å². The first-order valence-electron chi connectivity index (χ1n) is 5.10. The Kier molecular flexibility index (Phi) is 3.45. The lowest BCUT2D eigenvalue weighted by atomic mass is 10.1. The minimum absolute atomic E-state index is 0.0217. The zero-order valence-electron chi connectivity index (χ0n) is 9.30. The van der Waals surface area contributed by atoms with E-state index in [1.807, 2.05) is 13.8 Å². The van der Waals surface area contributed by atoms with Crippen LogP contribution in [0.5, 0.6) is 0 Å². The Bertz CT molecular complexity index is 551. The van der Waals surface area contributed by atoms with E-state index in [1.54, 1.807) is 6.07 Å². The monoisotopic (exact) mass is 273 g/mol. The summed E-state index contributed by atoms with van der Waals surface area (Å²) in [6.45, 7) is 3.87. The van der Waals surface area contributed by atoms with Gasteiger partial charge < -0.3 is 0 Å². The smallest absolute Gasteiger partial charge is 0.204 e. The normalized spacial score (nSPS) is 11.2. The zero-order chi connectivity index (χ0) is 12.6. The summed E-state index contributed by atoms with van der Waals surface area (Å²) in [6, 6.07) is 4.16. The number of nitrogens with zero attached hydrogens (tertiary/aromatic N) is 1. The topological polar surface area (TPSA) is 12.9 Å². The summed E-state index contributed by atoms with van der Waals surface area (Å²) < 4.78 is 27.0. The molecule has 0 unspecified atom stereocenters. The van der Waals surface area contributed by atoms with Gasteiger partial charge in [-0.05, 0) is 12.1 Å². The summed E-state index contributed by atoms with van der Waals surface area (Å²) in [6.07, 6.45) is 0. The van der Waals surface area contributed by atoms with Gasteiger partial charge in [0.05, 0.1) is 10.0 Å². The van der Waals surface area contributed by atoms with E-state index in [1.165, 1.54) is 12.1 Å². The molecule has 1 aromatic carbocycles. The van der Waals surface area contributed by atoms with Crippen LogP contribution < -0.4 is 0 Å². The molecule has 2 aromatic rings. The van der Waals surface area contributed by atoms with Crippen LogP contribution in [0.1, 0.15) is 24.8 Å². The van der Waals surface area contributed by atoms with Crippen molar-refractivity contribution in [1.29, 1.82) is 0 Å². The van der Waals surface area contributed by atoms with Gasteiger partial charge in [-0.25, -0.2) is 9.37 Å². The largest absolute Gasteiger partial charge is 0.238 e. The molecule has 90 valence electrons. The molecule has 0 amide bonds. The molecule has 0 saturated heterocycles. The first-order valence-corrected chi connectivity index (χ1v) is 6.30. The third-order valence-corrected chi connectivity index (χ3v) is 3.74. The lowest BCUT2D eigenvalue weighted by Crippen LogP contribution is -1.87. The number of hydrogen-bond acceptors (Lipinski definition) is 2. The highest BCUT2D eigenvalue weighted by molar-refractivity contribution is 7.10. The number of aromatic nitrogens is 1. The van der Waals surface area contributed by atoms with Gasteiger partial charge in [0.25, 0.3) is 0 Å². The van der Waals surface area contributed by atoms with Crippen molar-refractivity contribution in [2.24, 2.45) is 0 Å². The molecule has 0 bridgehead atoms. The van der Waals surface area contributed by atoms with Crippen LogP contribution in [0.25, 0.3) is 11.3 Å². The number of benzene rings is 1. The number of halogens is 3. The van der Waals surface area contributed by atoms with E-state index in [9.17, 15) is 8.78 Å². The Balaban J connectivity index is 2.49. The molecule has 0 aliphatic rings. The fraction of sp³-hybridized carbons (Fsp3) is 0.250. The van der Waals surface area contributed by atoms with E-state index in [0.29, 0.717) is 10.6 Å². The molecular formula is C12H10ClF2NS. The van der Waals surface area contributed by atoms with Crippen LogP contribution in [-0.4, -0.2) is 4.98 Å². The van der Waals surface area contributed by atoms with Crippen LogP contribution in [0.4, 0.5) is 8.78 Å². The Hall–Kier alpha value is -1.00. The molecule has 17 heavy (non-hydrogen) atoms. The van der Waals surface area contributed by atoms with Crippen molar-refractivity contribution in [3.05, 3.63) is 39.2 Å². The van der Waals surface area contributed by atoms with Crippen molar-refractivity contribution in [2.75, 3.05) is 0 Å². The van der Waals surface area contributed by atoms with Crippen LogP contribution in [0, 0.1) is 10.9 Å². The number of thiazole rings is 1. The Morgan fingerprint density at radius 1 is 1.29 bits per heavy atom. The predicted molar refractivity (Wildman–Crippen MR) is 66.6 cm³/mol. The summed E-state index contributed by atoms with van der Waals surface area (Å²) in [5, 5.41) is 0.330. The van der Waals surface area contributed by atoms with Gasteiger partial charge in [-0.2, -0.15) is 4.39 Å². The molecule has 0 aliphatic heterocycles. The van der Waals surface area contributed by atoms with Crippen LogP contribution >= 0.6 is 22.9 Å². The average Bonchev–Trinajstić information content (AvgIpc) is 2.65. The summed E-state index contributed by atoms with van der Waals surface area (Å²) in [7, 11) is 0. The number of hydrogen-bond donors (Lipinski definition) is 0. The third-order valence-electron chi connectivity index (χ3n) is 2.29. The lowest BCUT2D eigenvalue weighted by Gasteiger charge is -1.99. The lowest BCUT2D eigenvalue weighted by molar-refractivity contribution is 0.628. The van der Waals surface area contributed by atoms with Crippen molar-refractivity contribution in [2.45, 2.75) is 19.8 Å². The molecule has 2 rings (SSSR count). The van der Waals surface area contributed by atoms with Gasteiger partial charge >= 0.3 is 0 Å². The Morgan fingerprint density at radius 2 is 2.00 bits per heavy atom. The van der Waals surface area contributed by atoms with E-state index in [2.05, 4.69) is 4.98 Å². The highest BCUT2D eigenvalue weighted by atomic mass is 35.5. The van der Waals surface area contributed by atoms with Crippen molar-refractivity contribution < 1.29 is 8.78 Å². The van der Waals surface area contributed by atoms with Gasteiger partial charge in [-0.1, -0.05) is 42.9 Å². The second-order valence-corrected chi connectivity index (χ2v) is 5.35. The second-order valence-electron chi connectivity index (χ2n) is 3.96. The number of rotatable bonds is 2. The summed E-state index contributed by atoms with van der Waals surface area (Å²) in [5.41, 5.74) is 0.599. The van der Waals surface area contributed by atoms with Gasteiger partial charge in [0.1, 0.15) is 11.5 Å². The first-order chi connectivity index (χ1) is 7.99. The van der Waals surface area contributed by atoms with Crippen molar-refractivity contribution in [3.63, 3.8) is 0 Å². The molecule has 0 fully saturated rings. The maximum absolute atomic E-state index is 13.7. The molecule has 0 spiro atoms. The van der Waals surface area contributed by atoms with Crippen LogP contribution in [-0.2, 0) is 0 Å². The molecule has 0 atom stereocenters. The fourth-order valence-electron chi connectivity index (χ4n) is 1.39. The van der Waals surface area contributed by atoms with Gasteiger partial charge in [-0.3, -0.25) is 0 Å². The van der Waals surface area contributed by atoms with Crippen LogP contribution in [0.15, 0.2) is 18.2 Å². The van der Waals surface area contributed by atoms with Crippen molar-refractivity contribution in [1.82, 2.24) is 4.98 Å². The molecule has 1 nitrogen and oxygen atoms in total. The Morgan fingerprint density at radius 3 is 2.53 bits per heavy atom. The highest BCUT2D eigenvalue weighted by Crippen LogP contribution is 2.31. The third kappa shape index (κ3) is 2.48. The maximum Gasteiger partial charge on any atom is 0.204 e. The molecule has 0 radical (unpaired) electrons. The van der Waals surface area contributed by atoms with Crippen molar-refractivity contribution in [3.8, 4) is 11.3 Å². The van der Waals surface area contributed by atoms with E-state index < -0.39 is 10.9 Å². The molecule has 5 heteroatoms. The predicted octanol–water partition coefficient (Wildman–Crippen LogP) is 4.87. The van der Waals surface area contributed by atoms with Gasteiger partial charge in [0.15, 0.2) is 0 Å². The second kappa shape index (κ2) is 4.70. The zero-order valence-corrected chi connectivity index (χ0v) is 10.9. The molecule has 1 heterocycles. The molecule has 1 aromatic heterocycles. The van der Waals surface area contributed by atoms with Gasteiger partial charge in [0.2, 0.25) is 5.13 Å². The summed E-state index contributed by atoms with van der Waals surface area (Å²) >= 11 is 6.57. The van der Waals surface area contributed by atoms with E-state index in [4.69, 9.17) is 11.6 Å². The Labute approximate surface area is 107 Å². The molecule has 0 saturated carbocycles. The highest BCUT2D eigenvalue weighted by Gasteiger charge is 2.15. The van der Waals surface area contributed by atoms with E-state index in [0.717, 1.165) is 11.3 Å². The average molecular weight is 274 g/mol. The maximum atomic E-state index is 13.7. The molecular weight excluding hydrogens is 264 g/mol. The van der Waals surface area contributed by atoms with Gasteiger partial charge in [0, 0.05) is 11.5 Å². The van der Waals surface area contributed by atoms with Gasteiger partial charge in [-0.15, -0.1) is 0 Å². The molecule has 0 aliphatic carbocycles. The fourth-order valence-corrected chi connectivity index (χ4v) is 2.32. The SMILES string of the molecule is CC(C)c1nc(-c2ccc(Cl)c(F)c2)c(F)s1. The molecule has 0 N–H and O–H groups in total. The van der Waals surface area contributed by atoms with Crippen LogP contribution in [0.2, 0.25) is 5.02 Å². The standard InChI is InChI=1S/C12H10ClF2NS/c1-6(2)12-16-10(11(15)17-12)7-3-4-8(13)9(14)5-7/h3-6H,1-2H3. The minimum Gasteiger partial charge on any atom is -0.238 e. The summed E-state index contributed by atoms with van der Waals surface area (Å²) in [4.78, 5) is 4.18. The minimum atomic E-state index is -0.567. The van der Waals surface area contributed by atoms with E-state index >= 15 is 0 Å². The van der Waals surface area contributed by atoms with Crippen molar-refractivity contribution >= 4 is 22.9 Å². The summed E-state index contributed by atoms with van der Waals surface area (Å²) in [5.74, 6) is -0.414. The first kappa shape index (κ1) is 12.5. The van der Waals surface area contributed by atoms with Crippen LogP contribution in [0.3, 0.4) is 0 Å². The quantitative estimate of drug-likeness (QED) is 0.761.